The number of nitrogens with one attached hydrogen (secondary N) is 1. The first-order valence-electron chi connectivity index (χ1n) is 6.23. The van der Waals surface area contributed by atoms with E-state index in [-0.39, 0.29) is 6.04 Å². The zero-order valence-electron chi connectivity index (χ0n) is 11.7. The molecule has 4 nitrogen and oxygen atoms in total. The van der Waals surface area contributed by atoms with Crippen LogP contribution in [0.3, 0.4) is 0 Å². The summed E-state index contributed by atoms with van der Waals surface area (Å²) in [5, 5.41) is 0.613. The van der Waals surface area contributed by atoms with Crippen molar-refractivity contribution < 1.29 is 9.47 Å². The van der Waals surface area contributed by atoms with Gasteiger partial charge < -0.3 is 9.47 Å². The van der Waals surface area contributed by atoms with Crippen molar-refractivity contribution in [3.05, 3.63) is 57.0 Å². The van der Waals surface area contributed by atoms with E-state index in [9.17, 15) is 0 Å². The summed E-state index contributed by atoms with van der Waals surface area (Å²) in [4.78, 5) is 0. The van der Waals surface area contributed by atoms with Gasteiger partial charge in [0.05, 0.1) is 25.3 Å². The van der Waals surface area contributed by atoms with E-state index in [0.29, 0.717) is 16.5 Å². The van der Waals surface area contributed by atoms with Gasteiger partial charge in [-0.1, -0.05) is 23.7 Å². The average molecular weight is 372 g/mol. The number of hydrazine groups is 1. The molecule has 112 valence electrons. The van der Waals surface area contributed by atoms with Gasteiger partial charge in [-0.2, -0.15) is 0 Å². The first-order chi connectivity index (χ1) is 10.1. The highest BCUT2D eigenvalue weighted by Crippen LogP contribution is 2.35. The molecule has 0 saturated carbocycles. The van der Waals surface area contributed by atoms with Gasteiger partial charge in [-0.25, -0.2) is 5.43 Å². The Morgan fingerprint density at radius 1 is 1.14 bits per heavy atom. The molecule has 0 radical (unpaired) electrons. The molecule has 0 aliphatic heterocycles. The standard InChI is InChI=1S/C15H16BrClN2O2/c1-20-10-6-9(7-11(8-10)21-2)15(19-18)12-4-3-5-13(16)14(12)17/h3-8,15,19H,18H2,1-2H3. The van der Waals surface area contributed by atoms with Crippen molar-refractivity contribution in [3.63, 3.8) is 0 Å². The highest BCUT2D eigenvalue weighted by Gasteiger charge is 2.18. The molecular weight excluding hydrogens is 356 g/mol. The van der Waals surface area contributed by atoms with Crippen LogP contribution in [0.2, 0.25) is 5.02 Å². The van der Waals surface area contributed by atoms with Crippen LogP contribution in [0.25, 0.3) is 0 Å². The van der Waals surface area contributed by atoms with E-state index in [1.54, 1.807) is 20.3 Å². The molecule has 1 unspecified atom stereocenters. The van der Waals surface area contributed by atoms with Crippen molar-refractivity contribution >= 4 is 27.5 Å². The van der Waals surface area contributed by atoms with E-state index in [2.05, 4.69) is 21.4 Å². The third-order valence-electron chi connectivity index (χ3n) is 3.17. The number of methoxy groups -OCH3 is 2. The summed E-state index contributed by atoms with van der Waals surface area (Å²) < 4.78 is 11.4. The monoisotopic (exact) mass is 370 g/mol. The molecule has 0 aliphatic rings. The third-order valence-corrected chi connectivity index (χ3v) is 4.48. The fourth-order valence-corrected chi connectivity index (χ4v) is 2.72. The minimum absolute atomic E-state index is 0.279. The number of halogens is 2. The van der Waals surface area contributed by atoms with Crippen LogP contribution in [0, 0.1) is 0 Å². The van der Waals surface area contributed by atoms with Gasteiger partial charge in [-0.05, 0) is 45.3 Å². The molecule has 6 heteroatoms. The molecule has 21 heavy (non-hydrogen) atoms. The molecule has 0 amide bonds. The lowest BCUT2D eigenvalue weighted by Gasteiger charge is -2.20. The molecule has 0 saturated heterocycles. The predicted molar refractivity (Wildman–Crippen MR) is 87.9 cm³/mol. The Bertz CT molecular complexity index is 615. The van der Waals surface area contributed by atoms with E-state index in [4.69, 9.17) is 26.9 Å². The van der Waals surface area contributed by atoms with Gasteiger partial charge in [0.25, 0.3) is 0 Å². The van der Waals surface area contributed by atoms with Crippen molar-refractivity contribution in [3.8, 4) is 11.5 Å². The van der Waals surface area contributed by atoms with Crippen LogP contribution in [0.4, 0.5) is 0 Å². The zero-order chi connectivity index (χ0) is 15.4. The van der Waals surface area contributed by atoms with Crippen LogP contribution in [-0.2, 0) is 0 Å². The topological polar surface area (TPSA) is 56.5 Å². The Kier molecular flexibility index (Phi) is 5.47. The van der Waals surface area contributed by atoms with Gasteiger partial charge in [0, 0.05) is 10.5 Å². The maximum absolute atomic E-state index is 6.36. The SMILES string of the molecule is COc1cc(OC)cc(C(NN)c2cccc(Br)c2Cl)c1. The molecule has 2 aromatic rings. The van der Waals surface area contributed by atoms with Gasteiger partial charge >= 0.3 is 0 Å². The van der Waals surface area contributed by atoms with Gasteiger partial charge in [0.1, 0.15) is 11.5 Å². The number of rotatable bonds is 5. The Labute approximate surface area is 137 Å². The van der Waals surface area contributed by atoms with Crippen molar-refractivity contribution in [1.82, 2.24) is 5.43 Å². The molecular formula is C15H16BrClN2O2. The average Bonchev–Trinajstić information content (AvgIpc) is 2.51. The first-order valence-corrected chi connectivity index (χ1v) is 7.40. The Balaban J connectivity index is 2.53. The van der Waals surface area contributed by atoms with E-state index in [0.717, 1.165) is 15.6 Å². The largest absolute Gasteiger partial charge is 0.497 e. The molecule has 0 bridgehead atoms. The Hall–Kier alpha value is -1.27. The zero-order valence-corrected chi connectivity index (χ0v) is 14.0. The second kappa shape index (κ2) is 7.13. The van der Waals surface area contributed by atoms with Gasteiger partial charge in [-0.3, -0.25) is 5.84 Å². The Morgan fingerprint density at radius 2 is 1.76 bits per heavy atom. The normalized spacial score (nSPS) is 12.0. The summed E-state index contributed by atoms with van der Waals surface area (Å²) in [6, 6.07) is 11.0. The lowest BCUT2D eigenvalue weighted by Crippen LogP contribution is -2.29. The molecule has 0 heterocycles. The highest BCUT2D eigenvalue weighted by molar-refractivity contribution is 9.10. The van der Waals surface area contributed by atoms with Crippen molar-refractivity contribution in [2.24, 2.45) is 5.84 Å². The highest BCUT2D eigenvalue weighted by atomic mass is 79.9. The van der Waals surface area contributed by atoms with Crippen molar-refractivity contribution in [2.75, 3.05) is 14.2 Å². The summed E-state index contributed by atoms with van der Waals surface area (Å²) in [5.74, 6) is 7.11. The quantitative estimate of drug-likeness (QED) is 0.622. The summed E-state index contributed by atoms with van der Waals surface area (Å²) in [6.07, 6.45) is 0. The fraction of sp³-hybridized carbons (Fsp3) is 0.200. The van der Waals surface area contributed by atoms with E-state index in [1.165, 1.54) is 0 Å². The minimum Gasteiger partial charge on any atom is -0.497 e. The number of hydrogen-bond acceptors (Lipinski definition) is 4. The minimum atomic E-state index is -0.279. The molecule has 2 aromatic carbocycles. The third kappa shape index (κ3) is 3.49. The van der Waals surface area contributed by atoms with E-state index >= 15 is 0 Å². The maximum Gasteiger partial charge on any atom is 0.122 e. The van der Waals surface area contributed by atoms with Gasteiger partial charge in [-0.15, -0.1) is 0 Å². The lowest BCUT2D eigenvalue weighted by atomic mass is 9.98. The van der Waals surface area contributed by atoms with E-state index < -0.39 is 0 Å². The van der Waals surface area contributed by atoms with Crippen LogP contribution in [0.15, 0.2) is 40.9 Å². The smallest absolute Gasteiger partial charge is 0.122 e. The van der Waals surface area contributed by atoms with Crippen LogP contribution in [-0.4, -0.2) is 14.2 Å². The van der Waals surface area contributed by atoms with Crippen LogP contribution in [0.1, 0.15) is 17.2 Å². The molecule has 0 fully saturated rings. The molecule has 3 N–H and O–H groups in total. The molecule has 0 spiro atoms. The molecule has 2 rings (SSSR count). The first kappa shape index (κ1) is 16.1. The van der Waals surface area contributed by atoms with Crippen LogP contribution in [0.5, 0.6) is 11.5 Å². The lowest BCUT2D eigenvalue weighted by molar-refractivity contribution is 0.392. The molecule has 0 aliphatic carbocycles. The summed E-state index contributed by atoms with van der Waals surface area (Å²) in [6.45, 7) is 0. The van der Waals surface area contributed by atoms with Crippen molar-refractivity contribution in [1.29, 1.82) is 0 Å². The summed E-state index contributed by atoms with van der Waals surface area (Å²) in [5.41, 5.74) is 4.55. The summed E-state index contributed by atoms with van der Waals surface area (Å²) in [7, 11) is 3.21. The number of nitrogens with two attached hydrogens (primary N) is 1. The molecule has 0 aromatic heterocycles. The number of ether oxygens (including phenoxy) is 2. The number of benzene rings is 2. The maximum atomic E-state index is 6.36. The van der Waals surface area contributed by atoms with Crippen molar-refractivity contribution in [2.45, 2.75) is 6.04 Å². The molecule has 1 atom stereocenters. The second-order valence-corrected chi connectivity index (χ2v) is 5.62. The van der Waals surface area contributed by atoms with Crippen LogP contribution < -0.4 is 20.7 Å². The summed E-state index contributed by atoms with van der Waals surface area (Å²) >= 11 is 9.78. The fourth-order valence-electron chi connectivity index (χ4n) is 2.11. The predicted octanol–water partition coefficient (Wildman–Crippen LogP) is 3.67. The van der Waals surface area contributed by atoms with E-state index in [1.807, 2.05) is 30.3 Å². The number of hydrogen-bond donors (Lipinski definition) is 2. The van der Waals surface area contributed by atoms with Gasteiger partial charge in [0.2, 0.25) is 0 Å². The van der Waals surface area contributed by atoms with Gasteiger partial charge in [0.15, 0.2) is 0 Å². The van der Waals surface area contributed by atoms with Crippen LogP contribution >= 0.6 is 27.5 Å². The second-order valence-electron chi connectivity index (χ2n) is 4.39. The Morgan fingerprint density at radius 3 is 2.29 bits per heavy atom.